The molecule has 2 aromatic rings. The summed E-state index contributed by atoms with van der Waals surface area (Å²) in [7, 11) is -4.01. The van der Waals surface area contributed by atoms with Crippen molar-refractivity contribution in [1.29, 1.82) is 0 Å². The van der Waals surface area contributed by atoms with E-state index in [-0.39, 0.29) is 17.1 Å². The quantitative estimate of drug-likeness (QED) is 0.440. The molecule has 0 aliphatic heterocycles. The summed E-state index contributed by atoms with van der Waals surface area (Å²) < 4.78 is 27.1. The van der Waals surface area contributed by atoms with Crippen molar-refractivity contribution < 1.29 is 13.3 Å². The molecule has 0 heterocycles. The molecule has 0 atom stereocenters. The van der Waals surface area contributed by atoms with Gasteiger partial charge in [-0.25, -0.2) is 8.42 Å². The fraction of sp³-hybridized carbons (Fsp3) is 0.125. The van der Waals surface area contributed by atoms with Crippen LogP contribution in [0.2, 0.25) is 5.02 Å². The molecule has 0 unspecified atom stereocenters. The average Bonchev–Trinajstić information content (AvgIpc) is 2.55. The molecule has 0 amide bonds. The van der Waals surface area contributed by atoms with E-state index in [2.05, 4.69) is 6.58 Å². The summed E-state index contributed by atoms with van der Waals surface area (Å²) >= 11 is 6.08. The lowest BCUT2D eigenvalue weighted by molar-refractivity contribution is -0.385. The van der Waals surface area contributed by atoms with Gasteiger partial charge in [0.1, 0.15) is 0 Å². The van der Waals surface area contributed by atoms with Crippen LogP contribution >= 0.6 is 11.6 Å². The molecular formula is C16H15ClN2O4S. The highest BCUT2D eigenvalue weighted by atomic mass is 35.5. The molecule has 0 aliphatic rings. The smallest absolute Gasteiger partial charge is 0.262 e. The van der Waals surface area contributed by atoms with Crippen molar-refractivity contribution >= 4 is 33.0 Å². The van der Waals surface area contributed by atoms with Crippen LogP contribution in [0.3, 0.4) is 0 Å². The molecule has 0 N–H and O–H groups in total. The van der Waals surface area contributed by atoms with E-state index in [0.29, 0.717) is 16.3 Å². The number of hydrogen-bond acceptors (Lipinski definition) is 4. The summed E-state index contributed by atoms with van der Waals surface area (Å²) in [6, 6.07) is 9.85. The molecule has 0 fully saturated rings. The second kappa shape index (κ2) is 7.02. The lowest BCUT2D eigenvalue weighted by atomic mass is 10.2. The number of nitro benzene ring substituents is 1. The maximum absolute atomic E-state index is 13.0. The van der Waals surface area contributed by atoms with Gasteiger partial charge in [-0.05, 0) is 30.7 Å². The van der Waals surface area contributed by atoms with Gasteiger partial charge in [0.05, 0.1) is 22.1 Å². The largest absolute Gasteiger partial charge is 0.270 e. The number of nitrogens with zero attached hydrogens (tertiary/aromatic N) is 2. The highest BCUT2D eigenvalue weighted by Gasteiger charge is 2.27. The van der Waals surface area contributed by atoms with Crippen LogP contribution in [0, 0.1) is 17.0 Å². The molecular weight excluding hydrogens is 352 g/mol. The Morgan fingerprint density at radius 1 is 1.29 bits per heavy atom. The summed E-state index contributed by atoms with van der Waals surface area (Å²) in [6.45, 7) is 5.29. The van der Waals surface area contributed by atoms with Crippen molar-refractivity contribution in [2.45, 2.75) is 11.8 Å². The van der Waals surface area contributed by atoms with Crippen molar-refractivity contribution in [1.82, 2.24) is 0 Å². The summed E-state index contributed by atoms with van der Waals surface area (Å²) in [5.74, 6) is 0. The van der Waals surface area contributed by atoms with E-state index in [1.807, 2.05) is 0 Å². The van der Waals surface area contributed by atoms with E-state index >= 15 is 0 Å². The van der Waals surface area contributed by atoms with E-state index in [0.717, 1.165) is 10.4 Å². The molecule has 0 aromatic heterocycles. The van der Waals surface area contributed by atoms with E-state index in [1.165, 1.54) is 24.3 Å². The van der Waals surface area contributed by atoms with Gasteiger partial charge in [-0.2, -0.15) is 0 Å². The van der Waals surface area contributed by atoms with Crippen molar-refractivity contribution in [2.75, 3.05) is 10.8 Å². The zero-order valence-corrected chi connectivity index (χ0v) is 14.4. The number of nitro groups is 1. The third-order valence-corrected chi connectivity index (χ3v) is 5.60. The van der Waals surface area contributed by atoms with Gasteiger partial charge < -0.3 is 0 Å². The topological polar surface area (TPSA) is 80.5 Å². The number of benzene rings is 2. The van der Waals surface area contributed by atoms with Gasteiger partial charge in [0.2, 0.25) is 0 Å². The molecule has 0 spiro atoms. The lowest BCUT2D eigenvalue weighted by Gasteiger charge is -2.25. The van der Waals surface area contributed by atoms with E-state index in [4.69, 9.17) is 11.6 Å². The Hall–Kier alpha value is -2.38. The lowest BCUT2D eigenvalue weighted by Crippen LogP contribution is -2.31. The molecule has 0 radical (unpaired) electrons. The molecule has 24 heavy (non-hydrogen) atoms. The Balaban J connectivity index is 2.62. The highest BCUT2D eigenvalue weighted by molar-refractivity contribution is 7.92. The summed E-state index contributed by atoms with van der Waals surface area (Å²) in [5, 5.41) is 11.3. The molecule has 2 aromatic carbocycles. The van der Waals surface area contributed by atoms with E-state index < -0.39 is 14.9 Å². The van der Waals surface area contributed by atoms with Gasteiger partial charge in [0.15, 0.2) is 0 Å². The second-order valence-corrected chi connectivity index (χ2v) is 7.23. The van der Waals surface area contributed by atoms with Crippen LogP contribution in [0.4, 0.5) is 11.4 Å². The van der Waals surface area contributed by atoms with Gasteiger partial charge >= 0.3 is 0 Å². The first-order valence-electron chi connectivity index (χ1n) is 6.92. The van der Waals surface area contributed by atoms with E-state index in [1.54, 1.807) is 25.1 Å². The first-order valence-corrected chi connectivity index (χ1v) is 8.74. The summed E-state index contributed by atoms with van der Waals surface area (Å²) in [4.78, 5) is 10.1. The summed E-state index contributed by atoms with van der Waals surface area (Å²) in [6.07, 6.45) is 1.44. The van der Waals surface area contributed by atoms with Gasteiger partial charge in [-0.15, -0.1) is 6.58 Å². The van der Waals surface area contributed by atoms with Crippen molar-refractivity contribution in [3.63, 3.8) is 0 Å². The molecule has 8 heteroatoms. The number of halogens is 1. The van der Waals surface area contributed by atoms with Crippen LogP contribution in [0.1, 0.15) is 5.56 Å². The van der Waals surface area contributed by atoms with Crippen LogP contribution < -0.4 is 4.31 Å². The number of sulfonamides is 1. The first kappa shape index (κ1) is 18.0. The minimum absolute atomic E-state index is 0.00616. The molecule has 0 saturated carbocycles. The summed E-state index contributed by atoms with van der Waals surface area (Å²) in [5.41, 5.74) is 0.696. The average molecular weight is 367 g/mol. The Kier molecular flexibility index (Phi) is 5.26. The highest BCUT2D eigenvalue weighted by Crippen LogP contribution is 2.31. The SMILES string of the molecule is C=CCN(c1cccc(Cl)c1C)S(=O)(=O)c1cccc([N+](=O)[O-])c1. The Morgan fingerprint density at radius 2 is 1.96 bits per heavy atom. The predicted octanol–water partition coefficient (Wildman–Crippen LogP) is 3.94. The van der Waals surface area contributed by atoms with Crippen molar-refractivity contribution in [3.8, 4) is 0 Å². The molecule has 0 saturated heterocycles. The zero-order valence-electron chi connectivity index (χ0n) is 12.8. The maximum atomic E-state index is 13.0. The van der Waals surface area contributed by atoms with Gasteiger partial charge in [-0.3, -0.25) is 14.4 Å². The standard InChI is InChI=1S/C16H15ClN2O4S/c1-3-10-18(16-9-5-8-15(17)12(16)2)24(22,23)14-7-4-6-13(11-14)19(20)21/h3-9,11H,1,10H2,2H3. The van der Waals surface area contributed by atoms with Gasteiger partial charge in [0, 0.05) is 17.2 Å². The Bertz CT molecular complexity index is 897. The molecule has 0 aliphatic carbocycles. The monoisotopic (exact) mass is 366 g/mol. The third kappa shape index (κ3) is 3.42. The fourth-order valence-electron chi connectivity index (χ4n) is 2.19. The maximum Gasteiger partial charge on any atom is 0.270 e. The molecule has 2 rings (SSSR count). The van der Waals surface area contributed by atoms with Gasteiger partial charge in [-0.1, -0.05) is 29.8 Å². The Morgan fingerprint density at radius 3 is 2.58 bits per heavy atom. The van der Waals surface area contributed by atoms with Crippen molar-refractivity contribution in [2.24, 2.45) is 0 Å². The number of rotatable bonds is 6. The predicted molar refractivity (Wildman–Crippen MR) is 94.0 cm³/mol. The van der Waals surface area contributed by atoms with Crippen LogP contribution in [-0.4, -0.2) is 19.9 Å². The van der Waals surface area contributed by atoms with Crippen LogP contribution in [0.5, 0.6) is 0 Å². The normalized spacial score (nSPS) is 11.1. The second-order valence-electron chi connectivity index (χ2n) is 4.96. The van der Waals surface area contributed by atoms with Crippen LogP contribution in [0.15, 0.2) is 60.0 Å². The molecule has 6 nitrogen and oxygen atoms in total. The Labute approximate surface area is 145 Å². The number of hydrogen-bond donors (Lipinski definition) is 0. The molecule has 0 bridgehead atoms. The van der Waals surface area contributed by atoms with Gasteiger partial charge in [0.25, 0.3) is 15.7 Å². The van der Waals surface area contributed by atoms with Crippen LogP contribution in [-0.2, 0) is 10.0 Å². The van der Waals surface area contributed by atoms with Crippen LogP contribution in [0.25, 0.3) is 0 Å². The zero-order chi connectivity index (χ0) is 17.9. The van der Waals surface area contributed by atoms with E-state index in [9.17, 15) is 18.5 Å². The number of non-ortho nitro benzene ring substituents is 1. The first-order chi connectivity index (χ1) is 11.3. The third-order valence-electron chi connectivity index (χ3n) is 3.42. The molecule has 126 valence electrons. The minimum atomic E-state index is -4.01. The number of anilines is 1. The minimum Gasteiger partial charge on any atom is -0.262 e. The van der Waals surface area contributed by atoms with Crippen molar-refractivity contribution in [3.05, 3.63) is 75.8 Å². The fourth-order valence-corrected chi connectivity index (χ4v) is 3.90.